The fourth-order valence-electron chi connectivity index (χ4n) is 3.39. The topological polar surface area (TPSA) is 47.7 Å². The Hall–Kier alpha value is -1.26. The first-order chi connectivity index (χ1) is 9.12. The molecule has 4 nitrogen and oxygen atoms in total. The molecule has 0 amide bonds. The fraction of sp³-hybridized carbons (Fsp3) is 0.600. The van der Waals surface area contributed by atoms with E-state index in [1.54, 1.807) is 7.11 Å². The predicted molar refractivity (Wildman–Crippen MR) is 74.6 cm³/mol. The Morgan fingerprint density at radius 3 is 3.05 bits per heavy atom. The van der Waals surface area contributed by atoms with Gasteiger partial charge >= 0.3 is 0 Å². The van der Waals surface area contributed by atoms with Gasteiger partial charge in [0.1, 0.15) is 17.1 Å². The van der Waals surface area contributed by atoms with Gasteiger partial charge in [-0.2, -0.15) is 0 Å². The Kier molecular flexibility index (Phi) is 3.15. The van der Waals surface area contributed by atoms with Crippen molar-refractivity contribution in [3.63, 3.8) is 0 Å². The van der Waals surface area contributed by atoms with E-state index >= 15 is 0 Å². The van der Waals surface area contributed by atoms with E-state index < -0.39 is 0 Å². The maximum Gasteiger partial charge on any atom is 0.128 e. The molecule has 0 radical (unpaired) electrons. The third-order valence-electron chi connectivity index (χ3n) is 4.27. The second kappa shape index (κ2) is 4.69. The molecular weight excluding hydrogens is 240 g/mol. The zero-order valence-electron chi connectivity index (χ0n) is 11.7. The van der Waals surface area contributed by atoms with Gasteiger partial charge < -0.3 is 20.1 Å². The largest absolute Gasteiger partial charge is 0.497 e. The lowest BCUT2D eigenvalue weighted by Gasteiger charge is -2.46. The summed E-state index contributed by atoms with van der Waals surface area (Å²) >= 11 is 0. The number of ether oxygens (including phenoxy) is 2. The van der Waals surface area contributed by atoms with Crippen LogP contribution in [-0.4, -0.2) is 37.7 Å². The van der Waals surface area contributed by atoms with Gasteiger partial charge in [-0.15, -0.1) is 0 Å². The van der Waals surface area contributed by atoms with Gasteiger partial charge in [0.2, 0.25) is 0 Å². The molecule has 3 rings (SSSR count). The number of likely N-dealkylation sites (tertiary alicyclic amines) is 1. The number of hydrogen-bond acceptors (Lipinski definition) is 4. The molecule has 2 heterocycles. The van der Waals surface area contributed by atoms with E-state index in [-0.39, 0.29) is 11.6 Å². The summed E-state index contributed by atoms with van der Waals surface area (Å²) in [5.74, 6) is 1.72. The van der Waals surface area contributed by atoms with Crippen LogP contribution in [0.1, 0.15) is 30.9 Å². The number of methoxy groups -OCH3 is 1. The Morgan fingerprint density at radius 2 is 2.32 bits per heavy atom. The van der Waals surface area contributed by atoms with Crippen molar-refractivity contribution in [1.29, 1.82) is 0 Å². The van der Waals surface area contributed by atoms with E-state index in [1.807, 2.05) is 18.2 Å². The standard InChI is InChI=1S/C15H22N2O2/c1-17-7-3-6-15(10-17)9-13(16)12-5-4-11(18-2)8-14(12)19-15/h4-5,8,13H,3,6-7,9-10,16H2,1-2H3/t13-,15?/m0/s1. The van der Waals surface area contributed by atoms with E-state index in [1.165, 1.54) is 6.42 Å². The van der Waals surface area contributed by atoms with Crippen LogP contribution < -0.4 is 15.2 Å². The number of hydrogen-bond donors (Lipinski definition) is 1. The SMILES string of the molecule is COc1ccc2c(c1)OC1(CCCN(C)C1)C[C@@H]2N. The third-order valence-corrected chi connectivity index (χ3v) is 4.27. The monoisotopic (exact) mass is 262 g/mol. The lowest BCUT2D eigenvalue weighted by atomic mass is 9.82. The first kappa shape index (κ1) is 12.8. The first-order valence-corrected chi connectivity index (χ1v) is 6.93. The van der Waals surface area contributed by atoms with Gasteiger partial charge in [-0.1, -0.05) is 6.07 Å². The van der Waals surface area contributed by atoms with Crippen molar-refractivity contribution < 1.29 is 9.47 Å². The Bertz CT molecular complexity index is 477. The molecule has 4 heteroatoms. The highest BCUT2D eigenvalue weighted by molar-refractivity contribution is 5.44. The van der Waals surface area contributed by atoms with Crippen LogP contribution in [0.3, 0.4) is 0 Å². The highest BCUT2D eigenvalue weighted by atomic mass is 16.5. The minimum Gasteiger partial charge on any atom is -0.497 e. The average Bonchev–Trinajstić information content (AvgIpc) is 2.37. The van der Waals surface area contributed by atoms with E-state index in [2.05, 4.69) is 11.9 Å². The van der Waals surface area contributed by atoms with Crippen molar-refractivity contribution in [3.05, 3.63) is 23.8 Å². The number of likely N-dealkylation sites (N-methyl/N-ethyl adjacent to an activating group) is 1. The maximum absolute atomic E-state index is 6.35. The summed E-state index contributed by atoms with van der Waals surface area (Å²) in [6.45, 7) is 2.10. The molecule has 1 aromatic rings. The molecule has 2 atom stereocenters. The molecule has 2 aliphatic rings. The van der Waals surface area contributed by atoms with Crippen molar-refractivity contribution in [2.24, 2.45) is 5.73 Å². The summed E-state index contributed by atoms with van der Waals surface area (Å²) in [5.41, 5.74) is 7.33. The molecule has 104 valence electrons. The number of nitrogens with zero attached hydrogens (tertiary/aromatic N) is 1. The second-order valence-electron chi connectivity index (χ2n) is 5.84. The smallest absolute Gasteiger partial charge is 0.128 e. The number of nitrogens with two attached hydrogens (primary N) is 1. The summed E-state index contributed by atoms with van der Waals surface area (Å²) in [6, 6.07) is 6.00. The van der Waals surface area contributed by atoms with Gasteiger partial charge in [-0.25, -0.2) is 0 Å². The lowest BCUT2D eigenvalue weighted by molar-refractivity contribution is -0.0235. The normalized spacial score (nSPS) is 30.8. The van der Waals surface area contributed by atoms with Gasteiger partial charge in [0.25, 0.3) is 0 Å². The van der Waals surface area contributed by atoms with Gasteiger partial charge in [0.05, 0.1) is 7.11 Å². The number of benzene rings is 1. The molecule has 1 unspecified atom stereocenters. The maximum atomic E-state index is 6.35. The van der Waals surface area contributed by atoms with E-state index in [4.69, 9.17) is 15.2 Å². The highest BCUT2D eigenvalue weighted by Crippen LogP contribution is 2.43. The van der Waals surface area contributed by atoms with Crippen molar-refractivity contribution in [2.75, 3.05) is 27.2 Å². The van der Waals surface area contributed by atoms with E-state index in [0.29, 0.717) is 0 Å². The molecule has 2 N–H and O–H groups in total. The second-order valence-corrected chi connectivity index (χ2v) is 5.84. The molecular formula is C15H22N2O2. The summed E-state index contributed by atoms with van der Waals surface area (Å²) in [5, 5.41) is 0. The van der Waals surface area contributed by atoms with Crippen LogP contribution >= 0.6 is 0 Å². The summed E-state index contributed by atoms with van der Waals surface area (Å²) < 4.78 is 11.6. The van der Waals surface area contributed by atoms with Crippen molar-refractivity contribution in [3.8, 4) is 11.5 Å². The molecule has 2 aliphatic heterocycles. The molecule has 1 fully saturated rings. The predicted octanol–water partition coefficient (Wildman–Crippen LogP) is 1.94. The molecule has 0 saturated carbocycles. The zero-order chi connectivity index (χ0) is 13.5. The Balaban J connectivity index is 1.93. The lowest BCUT2D eigenvalue weighted by Crippen LogP contribution is -2.53. The minimum absolute atomic E-state index is 0.0566. The quantitative estimate of drug-likeness (QED) is 0.840. The van der Waals surface area contributed by atoms with Gasteiger partial charge in [0.15, 0.2) is 0 Å². The summed E-state index contributed by atoms with van der Waals surface area (Å²) in [7, 11) is 3.82. The van der Waals surface area contributed by atoms with Crippen molar-refractivity contribution in [2.45, 2.75) is 30.9 Å². The molecule has 1 aromatic carbocycles. The van der Waals surface area contributed by atoms with Crippen LogP contribution in [0.2, 0.25) is 0 Å². The van der Waals surface area contributed by atoms with Crippen LogP contribution in [0.25, 0.3) is 0 Å². The van der Waals surface area contributed by atoms with E-state index in [0.717, 1.165) is 43.0 Å². The Morgan fingerprint density at radius 1 is 1.47 bits per heavy atom. The van der Waals surface area contributed by atoms with Crippen molar-refractivity contribution >= 4 is 0 Å². The zero-order valence-corrected chi connectivity index (χ0v) is 11.7. The average molecular weight is 262 g/mol. The minimum atomic E-state index is -0.119. The summed E-state index contributed by atoms with van der Waals surface area (Å²) in [6.07, 6.45) is 3.15. The van der Waals surface area contributed by atoms with E-state index in [9.17, 15) is 0 Å². The third kappa shape index (κ3) is 2.30. The number of fused-ring (bicyclic) bond motifs is 1. The fourth-order valence-corrected chi connectivity index (χ4v) is 3.39. The number of piperidine rings is 1. The van der Waals surface area contributed by atoms with Crippen LogP contribution in [0, 0.1) is 0 Å². The van der Waals surface area contributed by atoms with Gasteiger partial charge in [0, 0.05) is 30.6 Å². The van der Waals surface area contributed by atoms with Crippen LogP contribution in [0.15, 0.2) is 18.2 Å². The van der Waals surface area contributed by atoms with Crippen LogP contribution in [-0.2, 0) is 0 Å². The van der Waals surface area contributed by atoms with Crippen LogP contribution in [0.4, 0.5) is 0 Å². The molecule has 0 aliphatic carbocycles. The Labute approximate surface area is 114 Å². The van der Waals surface area contributed by atoms with Gasteiger partial charge in [-0.3, -0.25) is 0 Å². The first-order valence-electron chi connectivity index (χ1n) is 6.93. The highest BCUT2D eigenvalue weighted by Gasteiger charge is 2.42. The summed E-state index contributed by atoms with van der Waals surface area (Å²) in [4.78, 5) is 2.33. The molecule has 0 aromatic heterocycles. The van der Waals surface area contributed by atoms with Crippen LogP contribution in [0.5, 0.6) is 11.5 Å². The number of rotatable bonds is 1. The molecule has 1 saturated heterocycles. The van der Waals surface area contributed by atoms with Gasteiger partial charge in [-0.05, 0) is 32.5 Å². The molecule has 0 bridgehead atoms. The molecule has 1 spiro atoms. The van der Waals surface area contributed by atoms with Crippen molar-refractivity contribution in [1.82, 2.24) is 4.90 Å². The molecule has 19 heavy (non-hydrogen) atoms.